The number of nitrogens with zero attached hydrogens (tertiary/aromatic N) is 2. The zero-order chi connectivity index (χ0) is 16.9. The zero-order valence-electron chi connectivity index (χ0n) is 13.9. The smallest absolute Gasteiger partial charge is 0.252 e. The molecule has 130 valence electrons. The summed E-state index contributed by atoms with van der Waals surface area (Å²) in [4.78, 5) is 32.1. The van der Waals surface area contributed by atoms with Crippen molar-refractivity contribution < 1.29 is 9.59 Å². The van der Waals surface area contributed by atoms with Gasteiger partial charge in [0, 0.05) is 31.6 Å². The molecular formula is C17H25N5O2. The van der Waals surface area contributed by atoms with Gasteiger partial charge < -0.3 is 16.4 Å². The summed E-state index contributed by atoms with van der Waals surface area (Å²) in [5, 5.41) is 6.13. The molecule has 2 aliphatic carbocycles. The lowest BCUT2D eigenvalue weighted by atomic mass is 10.0. The standard InChI is InChI=1S/C17H25N5O2/c18-16(24)13-10-20-17(21-12-5-6-12)22-14(13)7-8-19-15(23)9-11-3-1-2-4-11/h10-12H,1-9H2,(H2,18,24)(H,19,23)(H,20,21,22). The molecule has 1 aromatic rings. The van der Waals surface area contributed by atoms with Gasteiger partial charge in [0.25, 0.3) is 5.91 Å². The monoisotopic (exact) mass is 331 g/mol. The first kappa shape index (κ1) is 16.7. The predicted molar refractivity (Wildman–Crippen MR) is 90.5 cm³/mol. The lowest BCUT2D eigenvalue weighted by Gasteiger charge is -2.11. The molecule has 4 N–H and O–H groups in total. The molecule has 0 atom stereocenters. The number of anilines is 1. The zero-order valence-corrected chi connectivity index (χ0v) is 13.9. The Hall–Kier alpha value is -2.18. The number of carbonyl (C=O) groups excluding carboxylic acids is 2. The first-order chi connectivity index (χ1) is 11.6. The second-order valence-corrected chi connectivity index (χ2v) is 6.79. The fourth-order valence-corrected chi connectivity index (χ4v) is 3.16. The van der Waals surface area contributed by atoms with Crippen LogP contribution >= 0.6 is 0 Å². The molecule has 0 radical (unpaired) electrons. The predicted octanol–water partition coefficient (Wildman–Crippen LogP) is 1.39. The number of nitrogens with one attached hydrogen (secondary N) is 2. The van der Waals surface area contributed by atoms with Gasteiger partial charge >= 0.3 is 0 Å². The Bertz CT molecular complexity index is 609. The van der Waals surface area contributed by atoms with Crippen molar-refractivity contribution in [3.8, 4) is 0 Å². The van der Waals surface area contributed by atoms with E-state index in [4.69, 9.17) is 5.73 Å². The first-order valence-electron chi connectivity index (χ1n) is 8.81. The summed E-state index contributed by atoms with van der Waals surface area (Å²) >= 11 is 0. The van der Waals surface area contributed by atoms with E-state index >= 15 is 0 Å². The van der Waals surface area contributed by atoms with E-state index in [0.29, 0.717) is 48.6 Å². The number of carbonyl (C=O) groups is 2. The molecule has 7 heteroatoms. The Balaban J connectivity index is 1.53. The van der Waals surface area contributed by atoms with E-state index in [1.807, 2.05) is 0 Å². The molecule has 1 heterocycles. The molecule has 3 rings (SSSR count). The minimum absolute atomic E-state index is 0.0768. The van der Waals surface area contributed by atoms with E-state index in [-0.39, 0.29) is 5.91 Å². The second kappa shape index (κ2) is 7.59. The molecule has 0 unspecified atom stereocenters. The van der Waals surface area contributed by atoms with Crippen molar-refractivity contribution in [2.24, 2.45) is 11.7 Å². The van der Waals surface area contributed by atoms with Crippen LogP contribution in [0, 0.1) is 5.92 Å². The molecule has 2 saturated carbocycles. The highest BCUT2D eigenvalue weighted by molar-refractivity contribution is 5.93. The average molecular weight is 331 g/mol. The topological polar surface area (TPSA) is 110 Å². The number of hydrogen-bond acceptors (Lipinski definition) is 5. The Morgan fingerprint density at radius 2 is 1.96 bits per heavy atom. The van der Waals surface area contributed by atoms with Gasteiger partial charge in [0.05, 0.1) is 11.3 Å². The van der Waals surface area contributed by atoms with Crippen LogP contribution in [0.3, 0.4) is 0 Å². The van der Waals surface area contributed by atoms with Crippen molar-refractivity contribution in [1.29, 1.82) is 0 Å². The SMILES string of the molecule is NC(=O)c1cnc(NC2CC2)nc1CCNC(=O)CC1CCCC1. The van der Waals surface area contributed by atoms with E-state index < -0.39 is 5.91 Å². The second-order valence-electron chi connectivity index (χ2n) is 6.79. The largest absolute Gasteiger partial charge is 0.365 e. The quantitative estimate of drug-likeness (QED) is 0.667. The van der Waals surface area contributed by atoms with E-state index in [9.17, 15) is 9.59 Å². The molecule has 0 bridgehead atoms. The Kier molecular flexibility index (Phi) is 5.27. The number of aromatic nitrogens is 2. The van der Waals surface area contributed by atoms with Crippen LogP contribution in [-0.2, 0) is 11.2 Å². The summed E-state index contributed by atoms with van der Waals surface area (Å²) in [6.07, 6.45) is 9.55. The number of primary amides is 1. The van der Waals surface area contributed by atoms with Crippen molar-refractivity contribution in [2.75, 3.05) is 11.9 Å². The summed E-state index contributed by atoms with van der Waals surface area (Å²) in [6.45, 7) is 0.450. The summed E-state index contributed by atoms with van der Waals surface area (Å²) in [7, 11) is 0. The molecule has 0 saturated heterocycles. The van der Waals surface area contributed by atoms with E-state index in [0.717, 1.165) is 25.7 Å². The van der Waals surface area contributed by atoms with Crippen molar-refractivity contribution in [3.63, 3.8) is 0 Å². The molecular weight excluding hydrogens is 306 g/mol. The van der Waals surface area contributed by atoms with E-state index in [1.54, 1.807) is 0 Å². The van der Waals surface area contributed by atoms with E-state index in [1.165, 1.54) is 19.0 Å². The minimum atomic E-state index is -0.541. The van der Waals surface area contributed by atoms with Crippen LogP contribution in [0.2, 0.25) is 0 Å². The van der Waals surface area contributed by atoms with Gasteiger partial charge in [-0.3, -0.25) is 9.59 Å². The van der Waals surface area contributed by atoms with Crippen molar-refractivity contribution in [1.82, 2.24) is 15.3 Å². The van der Waals surface area contributed by atoms with Crippen LogP contribution in [0.4, 0.5) is 5.95 Å². The van der Waals surface area contributed by atoms with E-state index in [2.05, 4.69) is 20.6 Å². The molecule has 0 aromatic carbocycles. The lowest BCUT2D eigenvalue weighted by Crippen LogP contribution is -2.28. The fraction of sp³-hybridized carbons (Fsp3) is 0.647. The maximum atomic E-state index is 12.0. The number of amides is 2. The van der Waals surface area contributed by atoms with Crippen molar-refractivity contribution in [3.05, 3.63) is 17.5 Å². The highest BCUT2D eigenvalue weighted by Crippen LogP contribution is 2.27. The van der Waals surface area contributed by atoms with Crippen LogP contribution in [-0.4, -0.2) is 34.4 Å². The number of hydrogen-bond donors (Lipinski definition) is 3. The van der Waals surface area contributed by atoms with Crippen LogP contribution in [0.5, 0.6) is 0 Å². The summed E-state index contributed by atoms with van der Waals surface area (Å²) in [6, 6.07) is 0.434. The minimum Gasteiger partial charge on any atom is -0.365 e. The molecule has 2 fully saturated rings. The highest BCUT2D eigenvalue weighted by Gasteiger charge is 2.23. The molecule has 0 aliphatic heterocycles. The Morgan fingerprint density at radius 3 is 2.62 bits per heavy atom. The van der Waals surface area contributed by atoms with Crippen LogP contribution in [0.1, 0.15) is 61.0 Å². The van der Waals surface area contributed by atoms with Gasteiger partial charge in [-0.1, -0.05) is 12.8 Å². The number of rotatable bonds is 8. The molecule has 2 aliphatic rings. The van der Waals surface area contributed by atoms with Crippen molar-refractivity contribution in [2.45, 2.75) is 57.4 Å². The summed E-state index contributed by atoms with van der Waals surface area (Å²) < 4.78 is 0. The van der Waals surface area contributed by atoms with Gasteiger partial charge in [0.15, 0.2) is 0 Å². The summed E-state index contributed by atoms with van der Waals surface area (Å²) in [5.74, 6) is 0.586. The normalized spacial score (nSPS) is 17.7. The fourth-order valence-electron chi connectivity index (χ4n) is 3.16. The van der Waals surface area contributed by atoms with Gasteiger partial charge in [0.2, 0.25) is 11.9 Å². The third-order valence-corrected chi connectivity index (χ3v) is 4.68. The van der Waals surface area contributed by atoms with Gasteiger partial charge in [-0.15, -0.1) is 0 Å². The average Bonchev–Trinajstić information content (AvgIpc) is 3.20. The lowest BCUT2D eigenvalue weighted by molar-refractivity contribution is -0.121. The maximum absolute atomic E-state index is 12.0. The van der Waals surface area contributed by atoms with Crippen molar-refractivity contribution >= 4 is 17.8 Å². The third-order valence-electron chi connectivity index (χ3n) is 4.68. The van der Waals surface area contributed by atoms with Gasteiger partial charge in [-0.25, -0.2) is 9.97 Å². The highest BCUT2D eigenvalue weighted by atomic mass is 16.2. The maximum Gasteiger partial charge on any atom is 0.252 e. The molecule has 1 aromatic heterocycles. The van der Waals surface area contributed by atoms with Crippen LogP contribution in [0.25, 0.3) is 0 Å². The summed E-state index contributed by atoms with van der Waals surface area (Å²) in [5.41, 5.74) is 6.30. The molecule has 0 spiro atoms. The van der Waals surface area contributed by atoms with Gasteiger partial charge in [0.1, 0.15) is 0 Å². The molecule has 2 amide bonds. The number of nitrogens with two attached hydrogens (primary N) is 1. The van der Waals surface area contributed by atoms with Gasteiger partial charge in [-0.05, 0) is 31.6 Å². The first-order valence-corrected chi connectivity index (χ1v) is 8.81. The van der Waals surface area contributed by atoms with Gasteiger partial charge in [-0.2, -0.15) is 0 Å². The molecule has 7 nitrogen and oxygen atoms in total. The Morgan fingerprint density at radius 1 is 1.21 bits per heavy atom. The Labute approximate surface area is 141 Å². The van der Waals surface area contributed by atoms with Crippen LogP contribution in [0.15, 0.2) is 6.20 Å². The van der Waals surface area contributed by atoms with Crippen LogP contribution < -0.4 is 16.4 Å². The third kappa shape index (κ3) is 4.66. The molecule has 24 heavy (non-hydrogen) atoms.